The summed E-state index contributed by atoms with van der Waals surface area (Å²) in [6.07, 6.45) is 2.20. The van der Waals surface area contributed by atoms with Crippen LogP contribution >= 0.6 is 0 Å². The molecule has 1 aromatic heterocycles. The Kier molecular flexibility index (Phi) is 4.52. The van der Waals surface area contributed by atoms with Gasteiger partial charge in [0.15, 0.2) is 11.5 Å². The highest BCUT2D eigenvalue weighted by Gasteiger charge is 2.51. The first-order valence-corrected chi connectivity index (χ1v) is 10.8. The summed E-state index contributed by atoms with van der Waals surface area (Å²) < 4.78 is 10.9. The van der Waals surface area contributed by atoms with Gasteiger partial charge in [-0.05, 0) is 60.7 Å². The summed E-state index contributed by atoms with van der Waals surface area (Å²) in [5.41, 5.74) is 4.40. The van der Waals surface area contributed by atoms with Gasteiger partial charge in [0.05, 0.1) is 5.41 Å². The Labute approximate surface area is 184 Å². The number of hydrogen-bond acceptors (Lipinski definition) is 4. The molecular formula is C25H32N2O4. The number of carbonyl (C=O) groups is 1. The van der Waals surface area contributed by atoms with E-state index >= 15 is 0 Å². The maximum atomic E-state index is 13.3. The highest BCUT2D eigenvalue weighted by Crippen LogP contribution is 2.51. The largest absolute Gasteiger partial charge is 0.454 e. The Balaban J connectivity index is 0.00000153. The van der Waals surface area contributed by atoms with Gasteiger partial charge in [-0.1, -0.05) is 26.8 Å². The molecule has 0 atom stereocenters. The van der Waals surface area contributed by atoms with Crippen LogP contribution in [0.4, 0.5) is 5.69 Å². The van der Waals surface area contributed by atoms with Crippen molar-refractivity contribution in [1.82, 2.24) is 4.98 Å². The van der Waals surface area contributed by atoms with E-state index in [0.29, 0.717) is 12.2 Å². The molecule has 6 nitrogen and oxygen atoms in total. The number of carbonyl (C=O) groups excluding carboxylic acids is 1. The van der Waals surface area contributed by atoms with Gasteiger partial charge in [-0.15, -0.1) is 0 Å². The highest BCUT2D eigenvalue weighted by atomic mass is 16.7. The molecule has 5 rings (SSSR count). The van der Waals surface area contributed by atoms with Crippen LogP contribution in [0.1, 0.15) is 53.3 Å². The van der Waals surface area contributed by atoms with E-state index in [-0.39, 0.29) is 27.6 Å². The molecule has 2 aliphatic rings. The smallest absolute Gasteiger partial charge is 0.235 e. The van der Waals surface area contributed by atoms with Gasteiger partial charge in [-0.2, -0.15) is 0 Å². The lowest BCUT2D eigenvalue weighted by Gasteiger charge is -2.19. The number of aliphatic hydroxyl groups excluding tert-OH is 1. The highest BCUT2D eigenvalue weighted by molar-refractivity contribution is 6.03. The average molecular weight is 425 g/mol. The first-order valence-electron chi connectivity index (χ1n) is 10.8. The summed E-state index contributed by atoms with van der Waals surface area (Å²) in [4.78, 5) is 16.8. The molecule has 2 aromatic carbocycles. The van der Waals surface area contributed by atoms with Crippen LogP contribution in [0, 0.1) is 0 Å². The van der Waals surface area contributed by atoms with Crippen molar-refractivity contribution in [1.29, 1.82) is 0 Å². The Morgan fingerprint density at radius 2 is 1.94 bits per heavy atom. The fraction of sp³-hybridized carbons (Fsp3) is 0.400. The van der Waals surface area contributed by atoms with Gasteiger partial charge in [-0.25, -0.2) is 0 Å². The quantitative estimate of drug-likeness (QED) is 0.544. The van der Waals surface area contributed by atoms with E-state index in [1.807, 2.05) is 36.4 Å². The molecule has 3 aromatic rings. The van der Waals surface area contributed by atoms with E-state index in [1.54, 1.807) is 0 Å². The molecule has 1 fully saturated rings. The number of nitrogens with one attached hydrogen (secondary N) is 2. The van der Waals surface area contributed by atoms with Crippen molar-refractivity contribution in [2.75, 3.05) is 18.7 Å². The maximum absolute atomic E-state index is 13.3. The van der Waals surface area contributed by atoms with Crippen LogP contribution in [-0.4, -0.2) is 29.4 Å². The summed E-state index contributed by atoms with van der Waals surface area (Å²) in [5.74, 6) is 1.43. The van der Waals surface area contributed by atoms with Gasteiger partial charge in [0.2, 0.25) is 12.7 Å². The van der Waals surface area contributed by atoms with Crippen LogP contribution in [0.5, 0.6) is 11.5 Å². The fourth-order valence-electron chi connectivity index (χ4n) is 4.55. The molecular weight excluding hydrogens is 392 g/mol. The number of anilines is 1. The molecule has 166 valence electrons. The third-order valence-corrected chi connectivity index (χ3v) is 6.39. The van der Waals surface area contributed by atoms with Crippen LogP contribution in [0.2, 0.25) is 0 Å². The van der Waals surface area contributed by atoms with Crippen molar-refractivity contribution in [3.05, 3.63) is 53.2 Å². The van der Waals surface area contributed by atoms with Gasteiger partial charge in [-0.3, -0.25) is 4.79 Å². The number of rotatable bonds is 5. The van der Waals surface area contributed by atoms with Crippen LogP contribution in [0.25, 0.3) is 10.9 Å². The Bertz CT molecular complexity index is 1180. The minimum Gasteiger partial charge on any atom is -0.454 e. The van der Waals surface area contributed by atoms with Crippen molar-refractivity contribution in [3.63, 3.8) is 0 Å². The molecule has 1 amide bonds. The third-order valence-electron chi connectivity index (χ3n) is 6.39. The Morgan fingerprint density at radius 1 is 1.16 bits per heavy atom. The van der Waals surface area contributed by atoms with E-state index in [4.69, 9.17) is 9.47 Å². The van der Waals surface area contributed by atoms with Crippen molar-refractivity contribution in [2.24, 2.45) is 0 Å². The molecule has 0 radical (unpaired) electrons. The van der Waals surface area contributed by atoms with E-state index in [1.165, 1.54) is 0 Å². The minimum absolute atomic E-state index is 0. The van der Waals surface area contributed by atoms with Gasteiger partial charge in [0, 0.05) is 37.2 Å². The molecule has 1 saturated carbocycles. The number of ether oxygens (including phenoxy) is 2. The number of benzene rings is 2. The summed E-state index contributed by atoms with van der Waals surface area (Å²) in [5, 5.41) is 13.8. The predicted octanol–water partition coefficient (Wildman–Crippen LogP) is 4.89. The van der Waals surface area contributed by atoms with E-state index in [0.717, 1.165) is 52.0 Å². The molecule has 0 saturated heterocycles. The van der Waals surface area contributed by atoms with E-state index in [9.17, 15) is 9.90 Å². The van der Waals surface area contributed by atoms with Gasteiger partial charge < -0.3 is 24.9 Å². The second-order valence-corrected chi connectivity index (χ2v) is 9.57. The summed E-state index contributed by atoms with van der Waals surface area (Å²) in [7, 11) is 0. The normalized spacial score (nSPS) is 16.5. The lowest BCUT2D eigenvalue weighted by Crippen LogP contribution is -2.27. The van der Waals surface area contributed by atoms with Crippen molar-refractivity contribution < 1.29 is 22.2 Å². The molecule has 0 bridgehead atoms. The van der Waals surface area contributed by atoms with Gasteiger partial charge in [0.25, 0.3) is 0 Å². The summed E-state index contributed by atoms with van der Waals surface area (Å²) >= 11 is 0. The lowest BCUT2D eigenvalue weighted by molar-refractivity contribution is -0.118. The number of fused-ring (bicyclic) bond motifs is 2. The summed E-state index contributed by atoms with van der Waals surface area (Å²) in [6.45, 7) is 6.78. The zero-order valence-electron chi connectivity index (χ0n) is 18.2. The first kappa shape index (κ1) is 19.9. The summed E-state index contributed by atoms with van der Waals surface area (Å²) in [6, 6.07) is 11.7. The first-order chi connectivity index (χ1) is 14.8. The molecule has 0 unspecified atom stereocenters. The number of aromatic nitrogens is 1. The lowest BCUT2D eigenvalue weighted by atomic mass is 9.88. The van der Waals surface area contributed by atoms with Gasteiger partial charge >= 0.3 is 0 Å². The molecule has 3 N–H and O–H groups in total. The topological polar surface area (TPSA) is 83.6 Å². The monoisotopic (exact) mass is 424 g/mol. The second-order valence-electron chi connectivity index (χ2n) is 9.57. The number of aliphatic hydroxyl groups is 1. The second kappa shape index (κ2) is 7.02. The molecule has 0 spiro atoms. The van der Waals surface area contributed by atoms with Crippen LogP contribution in [0.3, 0.4) is 0 Å². The van der Waals surface area contributed by atoms with Crippen LogP contribution in [0.15, 0.2) is 36.4 Å². The standard InChI is InChI=1S/C25H28N2O4.2H2/c1-24(2,3)22-17(8-11-28)18-13-16(5-6-19(18)27-22)26-23(29)25(9-10-25)15-4-7-20-21(12-15)31-14-30-20;;/h4-7,12-13,27-28H,8-11,14H2,1-3H3,(H,26,29);2*1H. The molecule has 31 heavy (non-hydrogen) atoms. The number of aromatic amines is 1. The van der Waals surface area contributed by atoms with Crippen molar-refractivity contribution >= 4 is 22.5 Å². The minimum atomic E-state index is -0.515. The zero-order chi connectivity index (χ0) is 21.8. The maximum Gasteiger partial charge on any atom is 0.235 e. The fourth-order valence-corrected chi connectivity index (χ4v) is 4.55. The zero-order valence-corrected chi connectivity index (χ0v) is 18.2. The molecule has 6 heteroatoms. The molecule has 1 aliphatic heterocycles. The van der Waals surface area contributed by atoms with Crippen molar-refractivity contribution in [2.45, 2.75) is 50.9 Å². The number of H-pyrrole nitrogens is 1. The van der Waals surface area contributed by atoms with Crippen molar-refractivity contribution in [3.8, 4) is 11.5 Å². The molecule has 1 aliphatic carbocycles. The third kappa shape index (κ3) is 3.35. The van der Waals surface area contributed by atoms with E-state index < -0.39 is 5.41 Å². The van der Waals surface area contributed by atoms with Gasteiger partial charge in [0.1, 0.15) is 0 Å². The Hall–Kier alpha value is -2.99. The number of amides is 1. The average Bonchev–Trinajstić information content (AvgIpc) is 3.27. The molecule has 2 heterocycles. The number of hydrogen-bond donors (Lipinski definition) is 3. The van der Waals surface area contributed by atoms with Crippen LogP contribution < -0.4 is 14.8 Å². The predicted molar refractivity (Wildman–Crippen MR) is 124 cm³/mol. The van der Waals surface area contributed by atoms with Crippen LogP contribution in [-0.2, 0) is 22.0 Å². The SMILES string of the molecule is CC(C)(C)c1[nH]c2ccc(NC(=O)C3(c4ccc5c(c4)OCO5)CC3)cc2c1CCO.[HH].[HH]. The van der Waals surface area contributed by atoms with E-state index in [2.05, 4.69) is 31.1 Å². The Morgan fingerprint density at radius 3 is 2.65 bits per heavy atom.